The summed E-state index contributed by atoms with van der Waals surface area (Å²) >= 11 is 6.17. The topological polar surface area (TPSA) is 65.8 Å². The van der Waals surface area contributed by atoms with Gasteiger partial charge in [0.15, 0.2) is 6.17 Å². The molecule has 8 heteroatoms. The molecule has 0 spiro atoms. The van der Waals surface area contributed by atoms with Crippen LogP contribution in [0.1, 0.15) is 23.0 Å². The molecule has 2 aromatic carbocycles. The first-order chi connectivity index (χ1) is 15.5. The third-order valence-electron chi connectivity index (χ3n) is 5.92. The van der Waals surface area contributed by atoms with Crippen molar-refractivity contribution in [2.24, 2.45) is 4.99 Å². The minimum atomic E-state index is -0.451. The van der Waals surface area contributed by atoms with Crippen molar-refractivity contribution in [1.82, 2.24) is 14.5 Å². The van der Waals surface area contributed by atoms with E-state index < -0.39 is 6.17 Å². The van der Waals surface area contributed by atoms with E-state index in [1.165, 1.54) is 5.56 Å². The van der Waals surface area contributed by atoms with E-state index in [0.717, 1.165) is 48.4 Å². The van der Waals surface area contributed by atoms with Crippen molar-refractivity contribution >= 4 is 29.2 Å². The van der Waals surface area contributed by atoms with Gasteiger partial charge in [-0.25, -0.2) is 9.98 Å². The first-order valence-corrected chi connectivity index (χ1v) is 11.1. The van der Waals surface area contributed by atoms with Crippen LogP contribution in [-0.4, -0.2) is 46.6 Å². The summed E-state index contributed by atoms with van der Waals surface area (Å²) in [5.41, 5.74) is 3.82. The maximum absolute atomic E-state index is 12.8. The summed E-state index contributed by atoms with van der Waals surface area (Å²) in [4.78, 5) is 26.9. The van der Waals surface area contributed by atoms with E-state index in [9.17, 15) is 4.79 Å². The lowest BCUT2D eigenvalue weighted by Gasteiger charge is -2.39. The van der Waals surface area contributed by atoms with Gasteiger partial charge in [0.2, 0.25) is 11.9 Å². The molecule has 2 aliphatic rings. The molecule has 0 radical (unpaired) electrons. The molecule has 3 heterocycles. The molecular weight excluding hydrogens is 424 g/mol. The molecule has 1 aromatic heterocycles. The molecule has 0 aliphatic carbocycles. The number of guanidine groups is 1. The number of nitrogens with one attached hydrogen (secondary N) is 1. The maximum Gasteiger partial charge on any atom is 0.257 e. The number of aromatic nitrogens is 2. The second-order valence-corrected chi connectivity index (χ2v) is 8.68. The van der Waals surface area contributed by atoms with Crippen molar-refractivity contribution in [1.29, 1.82) is 0 Å². The van der Waals surface area contributed by atoms with Gasteiger partial charge in [0.25, 0.3) is 5.56 Å². The van der Waals surface area contributed by atoms with Gasteiger partial charge in [0.1, 0.15) is 0 Å². The average molecular weight is 449 g/mol. The number of aliphatic imine (C=N–C) groups is 1. The lowest BCUT2D eigenvalue weighted by atomic mass is 10.1. The van der Waals surface area contributed by atoms with Gasteiger partial charge in [0.05, 0.1) is 0 Å². The Hall–Kier alpha value is -3.32. The molecule has 0 bridgehead atoms. The number of hydrogen-bond acceptors (Lipinski definition) is 6. The summed E-state index contributed by atoms with van der Waals surface area (Å²) in [7, 11) is 0. The Labute approximate surface area is 192 Å². The minimum absolute atomic E-state index is 0.112. The lowest BCUT2D eigenvalue weighted by molar-refractivity contribution is 0.376. The third-order valence-corrected chi connectivity index (χ3v) is 6.16. The summed E-state index contributed by atoms with van der Waals surface area (Å²) in [6, 6.07) is 17.6. The number of piperazine rings is 1. The Morgan fingerprint density at radius 1 is 0.969 bits per heavy atom. The Balaban J connectivity index is 1.44. The van der Waals surface area contributed by atoms with Crippen molar-refractivity contribution in [2.75, 3.05) is 36.4 Å². The molecule has 7 nitrogen and oxygen atoms in total. The molecule has 0 unspecified atom stereocenters. The first-order valence-electron chi connectivity index (χ1n) is 10.7. The van der Waals surface area contributed by atoms with Crippen molar-refractivity contribution < 1.29 is 0 Å². The third kappa shape index (κ3) is 3.96. The molecule has 2 aliphatic heterocycles. The summed E-state index contributed by atoms with van der Waals surface area (Å²) in [6.45, 7) is 7.18. The fraction of sp³-hybridized carbons (Fsp3) is 0.292. The van der Waals surface area contributed by atoms with Gasteiger partial charge in [-0.15, -0.1) is 0 Å². The van der Waals surface area contributed by atoms with Gasteiger partial charge >= 0.3 is 0 Å². The van der Waals surface area contributed by atoms with Crippen LogP contribution in [0.5, 0.6) is 0 Å². The van der Waals surface area contributed by atoms with Crippen molar-refractivity contribution in [3.05, 3.63) is 86.8 Å². The highest BCUT2D eigenvalue weighted by Crippen LogP contribution is 2.27. The molecule has 1 fully saturated rings. The van der Waals surface area contributed by atoms with Gasteiger partial charge in [-0.05, 0) is 37.6 Å². The Bertz CT molecular complexity index is 1230. The summed E-state index contributed by atoms with van der Waals surface area (Å²) in [5.74, 6) is 1.28. The monoisotopic (exact) mass is 448 g/mol. The average Bonchev–Trinajstić information content (AvgIpc) is 2.79. The van der Waals surface area contributed by atoms with Crippen LogP contribution >= 0.6 is 11.6 Å². The maximum atomic E-state index is 12.8. The Morgan fingerprint density at radius 2 is 1.69 bits per heavy atom. The molecule has 3 aromatic rings. The second-order valence-electron chi connectivity index (χ2n) is 8.25. The quantitative estimate of drug-likeness (QED) is 0.648. The number of anilines is 2. The molecular formula is C24H25ClN6O. The van der Waals surface area contributed by atoms with Crippen LogP contribution in [-0.2, 0) is 0 Å². The standard InChI is InChI=1S/C24H25ClN6O/c1-16-6-8-18(9-7-16)22-27-23(28-24-26-17(2)14-21(32)31(22)24)30-12-10-29(11-13-30)20-5-3-4-19(25)15-20/h3-9,14-15,22H,10-13H2,1-2H3,(H,26,27,28)/t22-/m0/s1. The van der Waals surface area contributed by atoms with E-state index in [-0.39, 0.29) is 5.56 Å². The number of benzene rings is 2. The molecule has 164 valence electrons. The molecule has 32 heavy (non-hydrogen) atoms. The van der Waals surface area contributed by atoms with Crippen molar-refractivity contribution in [3.63, 3.8) is 0 Å². The van der Waals surface area contributed by atoms with Crippen LogP contribution in [0.3, 0.4) is 0 Å². The lowest BCUT2D eigenvalue weighted by Crippen LogP contribution is -2.52. The zero-order chi connectivity index (χ0) is 22.2. The van der Waals surface area contributed by atoms with Crippen LogP contribution in [0.15, 0.2) is 64.4 Å². The highest BCUT2D eigenvalue weighted by atomic mass is 35.5. The molecule has 0 amide bonds. The smallest absolute Gasteiger partial charge is 0.257 e. The number of rotatable bonds is 2. The molecule has 1 saturated heterocycles. The predicted molar refractivity (Wildman–Crippen MR) is 129 cm³/mol. The second kappa shape index (κ2) is 8.31. The van der Waals surface area contributed by atoms with Crippen LogP contribution in [0.25, 0.3) is 0 Å². The number of nitrogens with zero attached hydrogens (tertiary/aromatic N) is 5. The van der Waals surface area contributed by atoms with E-state index >= 15 is 0 Å². The van der Waals surface area contributed by atoms with Crippen molar-refractivity contribution in [2.45, 2.75) is 20.0 Å². The largest absolute Gasteiger partial charge is 0.368 e. The molecule has 1 atom stereocenters. The van der Waals surface area contributed by atoms with E-state index in [1.54, 1.807) is 10.6 Å². The van der Waals surface area contributed by atoms with Crippen LogP contribution in [0.2, 0.25) is 5.02 Å². The van der Waals surface area contributed by atoms with Gasteiger partial charge in [-0.1, -0.05) is 47.5 Å². The predicted octanol–water partition coefficient (Wildman–Crippen LogP) is 3.66. The van der Waals surface area contributed by atoms with E-state index in [2.05, 4.69) is 26.2 Å². The van der Waals surface area contributed by atoms with Gasteiger partial charge in [-0.3, -0.25) is 14.7 Å². The fourth-order valence-corrected chi connectivity index (χ4v) is 4.39. The minimum Gasteiger partial charge on any atom is -0.368 e. The summed E-state index contributed by atoms with van der Waals surface area (Å²) in [6.07, 6.45) is -0.451. The molecule has 1 N–H and O–H groups in total. The van der Waals surface area contributed by atoms with Gasteiger partial charge in [-0.2, -0.15) is 0 Å². The fourth-order valence-electron chi connectivity index (χ4n) is 4.21. The van der Waals surface area contributed by atoms with Crippen LogP contribution < -0.4 is 15.8 Å². The summed E-state index contributed by atoms with van der Waals surface area (Å²) in [5, 5.41) is 4.05. The highest BCUT2D eigenvalue weighted by Gasteiger charge is 2.29. The van der Waals surface area contributed by atoms with Crippen LogP contribution in [0, 0.1) is 13.8 Å². The van der Waals surface area contributed by atoms with E-state index in [1.807, 2.05) is 56.3 Å². The van der Waals surface area contributed by atoms with E-state index in [0.29, 0.717) is 11.6 Å². The normalized spacial score (nSPS) is 18.1. The van der Waals surface area contributed by atoms with Gasteiger partial charge < -0.3 is 9.80 Å². The SMILES string of the molecule is Cc1ccc([C@H]2N=C(N3CCN(c4cccc(Cl)c4)CC3)Nc3nc(C)cc(=O)n32)cc1. The van der Waals surface area contributed by atoms with Gasteiger partial charge in [0, 0.05) is 48.6 Å². The first kappa shape index (κ1) is 20.6. The molecule has 5 rings (SSSR count). The zero-order valence-corrected chi connectivity index (χ0v) is 18.9. The van der Waals surface area contributed by atoms with Crippen LogP contribution in [0.4, 0.5) is 11.6 Å². The number of fused-ring (bicyclic) bond motifs is 1. The van der Waals surface area contributed by atoms with Crippen molar-refractivity contribution in [3.8, 4) is 0 Å². The number of hydrogen-bond donors (Lipinski definition) is 1. The summed E-state index contributed by atoms with van der Waals surface area (Å²) < 4.78 is 1.63. The molecule has 0 saturated carbocycles. The number of aryl methyl sites for hydroxylation is 2. The Morgan fingerprint density at radius 3 is 2.41 bits per heavy atom. The number of halogens is 1. The van der Waals surface area contributed by atoms with E-state index in [4.69, 9.17) is 16.6 Å². The Kier molecular flexibility index (Phi) is 5.35. The zero-order valence-electron chi connectivity index (χ0n) is 18.1. The highest BCUT2D eigenvalue weighted by molar-refractivity contribution is 6.30.